The second-order valence-corrected chi connectivity index (χ2v) is 3.84. The molecule has 0 aromatic carbocycles. The van der Waals surface area contributed by atoms with Crippen LogP contribution in [0.5, 0.6) is 0 Å². The Labute approximate surface area is 86.7 Å². The van der Waals surface area contributed by atoms with E-state index in [0.717, 1.165) is 5.71 Å². The number of carbonyl (C=O) groups is 1. The molecule has 0 aromatic heterocycles. The van der Waals surface area contributed by atoms with E-state index in [-0.39, 0.29) is 5.17 Å². The third kappa shape index (κ3) is 2.45. The summed E-state index contributed by atoms with van der Waals surface area (Å²) in [5.74, 6) is -0.599. The molecule has 0 N–H and O–H groups in total. The normalized spacial score (nSPS) is 26.9. The third-order valence-electron chi connectivity index (χ3n) is 1.68. The first kappa shape index (κ1) is 11.0. The molecular weight excluding hydrogens is 208 g/mol. The van der Waals surface area contributed by atoms with Crippen LogP contribution < -0.4 is 0 Å². The SMILES string of the molecule is CC1=NOC(C)(C(=O)O/N=C(/C)Cl)C1. The van der Waals surface area contributed by atoms with Gasteiger partial charge in [-0.3, -0.25) is 0 Å². The van der Waals surface area contributed by atoms with Crippen LogP contribution in [0.3, 0.4) is 0 Å². The van der Waals surface area contributed by atoms with Crippen LogP contribution in [-0.4, -0.2) is 22.5 Å². The summed E-state index contributed by atoms with van der Waals surface area (Å²) in [4.78, 5) is 20.9. The van der Waals surface area contributed by atoms with Crippen LogP contribution in [0.25, 0.3) is 0 Å². The van der Waals surface area contributed by atoms with Crippen LogP contribution in [0.1, 0.15) is 27.2 Å². The van der Waals surface area contributed by atoms with Crippen molar-refractivity contribution < 1.29 is 14.5 Å². The van der Waals surface area contributed by atoms with Gasteiger partial charge in [0.1, 0.15) is 5.17 Å². The molecule has 1 unspecified atom stereocenters. The molecule has 0 fully saturated rings. The Morgan fingerprint density at radius 3 is 2.86 bits per heavy atom. The second kappa shape index (κ2) is 3.96. The number of rotatable bonds is 2. The molecule has 6 heteroatoms. The quantitative estimate of drug-likeness (QED) is 0.402. The van der Waals surface area contributed by atoms with Crippen LogP contribution >= 0.6 is 11.6 Å². The number of hydrogen-bond donors (Lipinski definition) is 0. The first-order chi connectivity index (χ1) is 6.44. The summed E-state index contributed by atoms with van der Waals surface area (Å²) in [5, 5.41) is 7.16. The summed E-state index contributed by atoms with van der Waals surface area (Å²) in [6, 6.07) is 0. The van der Waals surface area contributed by atoms with E-state index in [1.165, 1.54) is 6.92 Å². The lowest BCUT2D eigenvalue weighted by molar-refractivity contribution is -0.167. The second-order valence-electron chi connectivity index (χ2n) is 3.29. The van der Waals surface area contributed by atoms with Crippen LogP contribution in [0.2, 0.25) is 0 Å². The van der Waals surface area contributed by atoms with Gasteiger partial charge in [0.05, 0.1) is 5.71 Å². The highest BCUT2D eigenvalue weighted by Gasteiger charge is 2.42. The molecular formula is C8H11ClN2O3. The number of carbonyl (C=O) groups excluding carboxylic acids is 1. The highest BCUT2D eigenvalue weighted by molar-refractivity contribution is 6.64. The standard InChI is InChI=1S/C8H11ClN2O3/c1-5-4-8(3,14-10-5)7(12)13-11-6(2)9/h4H2,1-3H3/b11-6-. The summed E-state index contributed by atoms with van der Waals surface area (Å²) in [6.45, 7) is 4.87. The van der Waals surface area contributed by atoms with Crippen molar-refractivity contribution in [3.63, 3.8) is 0 Å². The van der Waals surface area contributed by atoms with Gasteiger partial charge in [-0.15, -0.1) is 0 Å². The molecule has 14 heavy (non-hydrogen) atoms. The lowest BCUT2D eigenvalue weighted by Crippen LogP contribution is -2.36. The van der Waals surface area contributed by atoms with Gasteiger partial charge in [0.2, 0.25) is 5.60 Å². The highest BCUT2D eigenvalue weighted by atomic mass is 35.5. The largest absolute Gasteiger partial charge is 0.381 e. The molecule has 5 nitrogen and oxygen atoms in total. The summed E-state index contributed by atoms with van der Waals surface area (Å²) in [7, 11) is 0. The zero-order chi connectivity index (χ0) is 10.8. The lowest BCUT2D eigenvalue weighted by Gasteiger charge is -2.16. The first-order valence-electron chi connectivity index (χ1n) is 4.07. The van der Waals surface area contributed by atoms with E-state index in [0.29, 0.717) is 6.42 Å². The van der Waals surface area contributed by atoms with Gasteiger partial charge >= 0.3 is 5.97 Å². The van der Waals surface area contributed by atoms with E-state index in [9.17, 15) is 4.79 Å². The predicted molar refractivity (Wildman–Crippen MR) is 52.3 cm³/mol. The number of halogens is 1. The zero-order valence-electron chi connectivity index (χ0n) is 8.20. The third-order valence-corrected chi connectivity index (χ3v) is 1.75. The summed E-state index contributed by atoms with van der Waals surface area (Å²) in [5.41, 5.74) is -0.323. The average Bonchev–Trinajstić information content (AvgIpc) is 2.43. The first-order valence-corrected chi connectivity index (χ1v) is 4.45. The van der Waals surface area contributed by atoms with Crippen LogP contribution in [-0.2, 0) is 14.5 Å². The van der Waals surface area contributed by atoms with Crippen molar-refractivity contribution in [2.45, 2.75) is 32.8 Å². The van der Waals surface area contributed by atoms with Crippen LogP contribution in [0, 0.1) is 0 Å². The smallest absolute Gasteiger partial charge is 0.377 e. The van der Waals surface area contributed by atoms with Crippen LogP contribution in [0.15, 0.2) is 10.3 Å². The van der Waals surface area contributed by atoms with Crippen molar-refractivity contribution in [3.05, 3.63) is 0 Å². The molecule has 1 atom stereocenters. The lowest BCUT2D eigenvalue weighted by atomic mass is 10.0. The minimum atomic E-state index is -1.07. The molecule has 1 aliphatic rings. The average molecular weight is 219 g/mol. The van der Waals surface area contributed by atoms with Gasteiger partial charge in [0.25, 0.3) is 0 Å². The molecule has 1 heterocycles. The fourth-order valence-electron chi connectivity index (χ4n) is 1.04. The van der Waals surface area contributed by atoms with Crippen molar-refractivity contribution in [2.75, 3.05) is 0 Å². The molecule has 78 valence electrons. The maximum absolute atomic E-state index is 11.4. The molecule has 1 rings (SSSR count). The Hall–Kier alpha value is -1.10. The number of hydrogen-bond acceptors (Lipinski definition) is 5. The van der Waals surface area contributed by atoms with E-state index >= 15 is 0 Å². The summed E-state index contributed by atoms with van der Waals surface area (Å²) in [6.07, 6.45) is 0.405. The van der Waals surface area contributed by atoms with E-state index < -0.39 is 11.6 Å². The molecule has 0 saturated carbocycles. The van der Waals surface area contributed by atoms with E-state index in [1.54, 1.807) is 13.8 Å². The van der Waals surface area contributed by atoms with Gasteiger partial charge in [-0.1, -0.05) is 21.9 Å². The Kier molecular flexibility index (Phi) is 3.10. The highest BCUT2D eigenvalue weighted by Crippen LogP contribution is 2.24. The van der Waals surface area contributed by atoms with Gasteiger partial charge in [0, 0.05) is 6.42 Å². The minimum Gasteiger partial charge on any atom is -0.377 e. The molecule has 0 radical (unpaired) electrons. The molecule has 0 saturated heterocycles. The number of oxime groups is 2. The van der Waals surface area contributed by atoms with E-state index in [2.05, 4.69) is 15.1 Å². The van der Waals surface area contributed by atoms with Crippen molar-refractivity contribution in [1.29, 1.82) is 0 Å². The maximum atomic E-state index is 11.4. The van der Waals surface area contributed by atoms with Gasteiger partial charge in [-0.2, -0.15) is 0 Å². The van der Waals surface area contributed by atoms with Crippen LogP contribution in [0.4, 0.5) is 0 Å². The van der Waals surface area contributed by atoms with E-state index in [1.807, 2.05) is 0 Å². The van der Waals surface area contributed by atoms with Gasteiger partial charge in [-0.25, -0.2) is 4.79 Å². The molecule has 0 aromatic rings. The van der Waals surface area contributed by atoms with Crippen molar-refractivity contribution in [3.8, 4) is 0 Å². The number of nitrogens with zero attached hydrogens (tertiary/aromatic N) is 2. The van der Waals surface area contributed by atoms with E-state index in [4.69, 9.17) is 16.4 Å². The fraction of sp³-hybridized carbons (Fsp3) is 0.625. The molecule has 0 aliphatic carbocycles. The molecule has 0 bridgehead atoms. The Morgan fingerprint density at radius 2 is 2.43 bits per heavy atom. The van der Waals surface area contributed by atoms with Gasteiger partial charge in [0.15, 0.2) is 0 Å². The molecule has 1 aliphatic heterocycles. The summed E-state index contributed by atoms with van der Waals surface area (Å²) < 4.78 is 0. The maximum Gasteiger partial charge on any atom is 0.381 e. The Balaban J connectivity index is 2.58. The molecule has 0 amide bonds. The van der Waals surface area contributed by atoms with Crippen molar-refractivity contribution in [2.24, 2.45) is 10.3 Å². The molecule has 0 spiro atoms. The van der Waals surface area contributed by atoms with Crippen molar-refractivity contribution >= 4 is 28.5 Å². The Morgan fingerprint density at radius 1 is 1.79 bits per heavy atom. The minimum absolute atomic E-state index is 0.151. The zero-order valence-corrected chi connectivity index (χ0v) is 8.96. The summed E-state index contributed by atoms with van der Waals surface area (Å²) >= 11 is 5.41. The topological polar surface area (TPSA) is 60.2 Å². The van der Waals surface area contributed by atoms with Gasteiger partial charge in [-0.05, 0) is 20.8 Å². The fourth-order valence-corrected chi connectivity index (χ4v) is 1.08. The van der Waals surface area contributed by atoms with Gasteiger partial charge < -0.3 is 9.68 Å². The monoisotopic (exact) mass is 218 g/mol. The Bertz CT molecular complexity index is 310. The predicted octanol–water partition coefficient (Wildman–Crippen LogP) is 1.66. The van der Waals surface area contributed by atoms with Crippen molar-refractivity contribution in [1.82, 2.24) is 0 Å².